The first-order valence-electron chi connectivity index (χ1n) is 8.69. The van der Waals surface area contributed by atoms with Crippen molar-refractivity contribution < 1.29 is 22.7 Å². The second-order valence-electron chi connectivity index (χ2n) is 7.25. The Labute approximate surface area is 140 Å². The largest absolute Gasteiger partial charge is 0.401 e. The molecule has 5 nitrogen and oxygen atoms in total. The Morgan fingerprint density at radius 3 is 2.46 bits per heavy atom. The number of nitrogens with zero attached hydrogens (tertiary/aromatic N) is 3. The number of carbonyl (C=O) groups is 1. The third-order valence-electron chi connectivity index (χ3n) is 5.86. The molecule has 0 aliphatic carbocycles. The van der Waals surface area contributed by atoms with Crippen molar-refractivity contribution in [3.63, 3.8) is 0 Å². The Morgan fingerprint density at radius 1 is 1.17 bits per heavy atom. The van der Waals surface area contributed by atoms with E-state index >= 15 is 0 Å². The summed E-state index contributed by atoms with van der Waals surface area (Å²) in [5, 5.41) is 0. The third-order valence-corrected chi connectivity index (χ3v) is 5.86. The molecule has 0 aromatic heterocycles. The molecule has 0 aromatic rings. The highest BCUT2D eigenvalue weighted by atomic mass is 19.4. The SMILES string of the molecule is CN1CCCC12CCN(C(=O)C1COCCN1CC(F)(F)F)CC2. The second kappa shape index (κ2) is 6.80. The topological polar surface area (TPSA) is 36.0 Å². The van der Waals surface area contributed by atoms with E-state index in [9.17, 15) is 18.0 Å². The van der Waals surface area contributed by atoms with Crippen molar-refractivity contribution in [3.05, 3.63) is 0 Å². The van der Waals surface area contributed by atoms with Gasteiger partial charge in [0.25, 0.3) is 0 Å². The number of piperidine rings is 1. The molecule has 3 rings (SSSR count). The molecule has 0 saturated carbocycles. The Kier molecular flexibility index (Phi) is 5.09. The number of amides is 1. The number of likely N-dealkylation sites (tertiary alicyclic amines) is 2. The van der Waals surface area contributed by atoms with Gasteiger partial charge in [0.1, 0.15) is 6.04 Å². The van der Waals surface area contributed by atoms with Crippen molar-refractivity contribution in [1.29, 1.82) is 0 Å². The first kappa shape index (κ1) is 17.9. The zero-order valence-electron chi connectivity index (χ0n) is 14.1. The molecule has 3 fully saturated rings. The zero-order chi connectivity index (χ0) is 17.4. The fourth-order valence-corrected chi connectivity index (χ4v) is 4.34. The van der Waals surface area contributed by atoms with Crippen LogP contribution in [-0.2, 0) is 9.53 Å². The van der Waals surface area contributed by atoms with Crippen LogP contribution >= 0.6 is 0 Å². The van der Waals surface area contributed by atoms with Crippen molar-refractivity contribution in [1.82, 2.24) is 14.7 Å². The van der Waals surface area contributed by atoms with E-state index in [1.165, 1.54) is 11.3 Å². The Hall–Kier alpha value is -0.860. The van der Waals surface area contributed by atoms with Gasteiger partial charge in [0.05, 0.1) is 19.8 Å². The number of rotatable bonds is 2. The van der Waals surface area contributed by atoms with Crippen LogP contribution in [0.2, 0.25) is 0 Å². The molecule has 138 valence electrons. The van der Waals surface area contributed by atoms with Crippen LogP contribution in [-0.4, -0.2) is 91.3 Å². The van der Waals surface area contributed by atoms with Crippen LogP contribution in [0.4, 0.5) is 13.2 Å². The summed E-state index contributed by atoms with van der Waals surface area (Å²) in [5.74, 6) is -0.213. The highest BCUT2D eigenvalue weighted by Gasteiger charge is 2.44. The molecule has 1 unspecified atom stereocenters. The van der Waals surface area contributed by atoms with Gasteiger partial charge in [0.15, 0.2) is 0 Å². The van der Waals surface area contributed by atoms with Gasteiger partial charge >= 0.3 is 6.18 Å². The summed E-state index contributed by atoms with van der Waals surface area (Å²) in [7, 11) is 2.13. The number of alkyl halides is 3. The van der Waals surface area contributed by atoms with E-state index in [2.05, 4.69) is 11.9 Å². The lowest BCUT2D eigenvalue weighted by atomic mass is 9.85. The lowest BCUT2D eigenvalue weighted by Crippen LogP contribution is -2.59. The molecule has 1 atom stereocenters. The quantitative estimate of drug-likeness (QED) is 0.754. The molecular weight excluding hydrogens is 323 g/mol. The first-order valence-corrected chi connectivity index (χ1v) is 8.69. The lowest BCUT2D eigenvalue weighted by molar-refractivity contribution is -0.171. The maximum Gasteiger partial charge on any atom is 0.401 e. The molecule has 0 aromatic carbocycles. The lowest BCUT2D eigenvalue weighted by Gasteiger charge is -2.45. The summed E-state index contributed by atoms with van der Waals surface area (Å²) in [5.41, 5.74) is 0.186. The summed E-state index contributed by atoms with van der Waals surface area (Å²) in [6.45, 7) is 1.73. The Bertz CT molecular complexity index is 464. The van der Waals surface area contributed by atoms with Crippen LogP contribution in [0, 0.1) is 0 Å². The minimum Gasteiger partial charge on any atom is -0.378 e. The molecule has 8 heteroatoms. The number of ether oxygens (including phenoxy) is 1. The van der Waals surface area contributed by atoms with Crippen LogP contribution in [0.25, 0.3) is 0 Å². The van der Waals surface area contributed by atoms with E-state index in [-0.39, 0.29) is 31.2 Å². The van der Waals surface area contributed by atoms with Crippen molar-refractivity contribution >= 4 is 5.91 Å². The molecule has 1 amide bonds. The minimum atomic E-state index is -4.30. The number of morpholine rings is 1. The predicted molar refractivity (Wildman–Crippen MR) is 82.6 cm³/mol. The van der Waals surface area contributed by atoms with Gasteiger partial charge in [-0.25, -0.2) is 0 Å². The average molecular weight is 349 g/mol. The van der Waals surface area contributed by atoms with E-state index in [1.54, 1.807) is 4.90 Å². The first-order chi connectivity index (χ1) is 11.3. The van der Waals surface area contributed by atoms with Gasteiger partial charge in [0.2, 0.25) is 5.91 Å². The van der Waals surface area contributed by atoms with Crippen molar-refractivity contribution in [2.45, 2.75) is 43.4 Å². The molecule has 1 spiro atoms. The highest BCUT2D eigenvalue weighted by molar-refractivity contribution is 5.82. The van der Waals surface area contributed by atoms with Gasteiger partial charge in [-0.2, -0.15) is 13.2 Å². The monoisotopic (exact) mass is 349 g/mol. The summed E-state index contributed by atoms with van der Waals surface area (Å²) in [6.07, 6.45) is -0.156. The number of hydrogen-bond donors (Lipinski definition) is 0. The number of hydrogen-bond acceptors (Lipinski definition) is 4. The molecular formula is C16H26F3N3O2. The van der Waals surface area contributed by atoms with Crippen molar-refractivity contribution in [3.8, 4) is 0 Å². The fourth-order valence-electron chi connectivity index (χ4n) is 4.34. The Morgan fingerprint density at radius 2 is 1.88 bits per heavy atom. The fraction of sp³-hybridized carbons (Fsp3) is 0.938. The number of halogens is 3. The molecule has 0 N–H and O–H groups in total. The van der Waals surface area contributed by atoms with Gasteiger partial charge < -0.3 is 14.5 Å². The molecule has 3 aliphatic heterocycles. The molecule has 3 aliphatic rings. The van der Waals surface area contributed by atoms with Crippen LogP contribution in [0.5, 0.6) is 0 Å². The van der Waals surface area contributed by atoms with E-state index in [1.807, 2.05) is 0 Å². The van der Waals surface area contributed by atoms with Crippen molar-refractivity contribution in [2.75, 3.05) is 53.0 Å². The van der Waals surface area contributed by atoms with Gasteiger partial charge in [-0.3, -0.25) is 9.69 Å². The van der Waals surface area contributed by atoms with Crippen LogP contribution in [0.3, 0.4) is 0 Å². The van der Waals surface area contributed by atoms with Crippen LogP contribution < -0.4 is 0 Å². The standard InChI is InChI=1S/C16H26F3N3O2/c1-20-6-2-3-15(20)4-7-21(8-5-15)14(23)13-11-24-10-9-22(13)12-16(17,18)19/h13H,2-12H2,1H3. The van der Waals surface area contributed by atoms with E-state index in [0.717, 1.165) is 25.8 Å². The molecule has 3 heterocycles. The summed E-state index contributed by atoms with van der Waals surface area (Å²) in [4.78, 5) is 18.1. The maximum atomic E-state index is 12.8. The molecule has 0 radical (unpaired) electrons. The molecule has 0 bridgehead atoms. The van der Waals surface area contributed by atoms with Gasteiger partial charge in [-0.1, -0.05) is 0 Å². The number of carbonyl (C=O) groups excluding carboxylic acids is 1. The summed E-state index contributed by atoms with van der Waals surface area (Å²) < 4.78 is 43.5. The second-order valence-corrected chi connectivity index (χ2v) is 7.25. The minimum absolute atomic E-state index is 0.0520. The Balaban J connectivity index is 1.61. The van der Waals surface area contributed by atoms with E-state index < -0.39 is 18.8 Å². The average Bonchev–Trinajstić information content (AvgIpc) is 2.87. The van der Waals surface area contributed by atoms with Gasteiger partial charge in [0, 0.05) is 25.2 Å². The van der Waals surface area contributed by atoms with Gasteiger partial charge in [-0.05, 0) is 39.3 Å². The van der Waals surface area contributed by atoms with E-state index in [0.29, 0.717) is 13.1 Å². The summed E-state index contributed by atoms with van der Waals surface area (Å²) in [6, 6.07) is -0.810. The van der Waals surface area contributed by atoms with Gasteiger partial charge in [-0.15, -0.1) is 0 Å². The molecule has 3 saturated heterocycles. The smallest absolute Gasteiger partial charge is 0.378 e. The highest BCUT2D eigenvalue weighted by Crippen LogP contribution is 2.37. The van der Waals surface area contributed by atoms with Crippen LogP contribution in [0.15, 0.2) is 0 Å². The van der Waals surface area contributed by atoms with Crippen molar-refractivity contribution in [2.24, 2.45) is 0 Å². The zero-order valence-corrected chi connectivity index (χ0v) is 14.1. The maximum absolute atomic E-state index is 12.8. The summed E-state index contributed by atoms with van der Waals surface area (Å²) >= 11 is 0. The third kappa shape index (κ3) is 3.70. The van der Waals surface area contributed by atoms with E-state index in [4.69, 9.17) is 4.74 Å². The van der Waals surface area contributed by atoms with Crippen LogP contribution in [0.1, 0.15) is 25.7 Å². The normalized spacial score (nSPS) is 29.3. The predicted octanol–water partition coefficient (Wildman–Crippen LogP) is 1.34. The molecule has 24 heavy (non-hydrogen) atoms.